The number of pyridine rings is 1. The first-order chi connectivity index (χ1) is 17.1. The predicted molar refractivity (Wildman–Crippen MR) is 132 cm³/mol. The van der Waals surface area contributed by atoms with E-state index in [1.165, 1.54) is 12.7 Å². The Morgan fingerprint density at radius 3 is 2.71 bits per heavy atom. The van der Waals surface area contributed by atoms with Crippen LogP contribution in [0.2, 0.25) is 0 Å². The molecule has 2 amide bonds. The number of aromatic nitrogens is 3. The summed E-state index contributed by atoms with van der Waals surface area (Å²) in [5, 5.41) is 5.66. The molecule has 2 aromatic carbocycles. The van der Waals surface area contributed by atoms with E-state index in [0.717, 1.165) is 6.42 Å². The van der Waals surface area contributed by atoms with Gasteiger partial charge < -0.3 is 24.7 Å². The van der Waals surface area contributed by atoms with Crippen molar-refractivity contribution in [2.75, 3.05) is 32.2 Å². The molecule has 0 aliphatic heterocycles. The molecule has 0 fully saturated rings. The number of methoxy groups -OCH3 is 1. The number of amides is 2. The smallest absolute Gasteiger partial charge is 0.253 e. The monoisotopic (exact) mass is 473 g/mol. The van der Waals surface area contributed by atoms with Gasteiger partial charge in [0.2, 0.25) is 5.91 Å². The van der Waals surface area contributed by atoms with Gasteiger partial charge in [-0.3, -0.25) is 14.6 Å². The maximum Gasteiger partial charge on any atom is 0.253 e. The molecule has 2 N–H and O–H groups in total. The SMILES string of the molecule is COCC(=O)Nc1cc(C(=O)NCCOc2cccnc2)c2c(c1)ncn2CCc1ccccc1. The van der Waals surface area contributed by atoms with E-state index in [4.69, 9.17) is 9.47 Å². The van der Waals surface area contributed by atoms with Crippen LogP contribution in [0.15, 0.2) is 73.3 Å². The zero-order valence-electron chi connectivity index (χ0n) is 19.4. The maximum atomic E-state index is 13.2. The van der Waals surface area contributed by atoms with Gasteiger partial charge in [-0.25, -0.2) is 4.98 Å². The molecule has 0 aliphatic rings. The van der Waals surface area contributed by atoms with Crippen LogP contribution in [0, 0.1) is 0 Å². The van der Waals surface area contributed by atoms with Gasteiger partial charge in [0.1, 0.15) is 19.0 Å². The largest absolute Gasteiger partial charge is 0.490 e. The molecule has 0 atom stereocenters. The van der Waals surface area contributed by atoms with Crippen molar-refractivity contribution >= 4 is 28.5 Å². The van der Waals surface area contributed by atoms with Gasteiger partial charge in [0.15, 0.2) is 0 Å². The number of hydrogen-bond donors (Lipinski definition) is 2. The van der Waals surface area contributed by atoms with Crippen LogP contribution < -0.4 is 15.4 Å². The van der Waals surface area contributed by atoms with Crippen LogP contribution in [0.3, 0.4) is 0 Å². The van der Waals surface area contributed by atoms with Crippen molar-refractivity contribution in [2.24, 2.45) is 0 Å². The average molecular weight is 474 g/mol. The number of hydrogen-bond acceptors (Lipinski definition) is 6. The van der Waals surface area contributed by atoms with Gasteiger partial charge in [0.25, 0.3) is 5.91 Å². The fraction of sp³-hybridized carbons (Fsp3) is 0.231. The highest BCUT2D eigenvalue weighted by atomic mass is 16.5. The second-order valence-electron chi connectivity index (χ2n) is 7.84. The van der Waals surface area contributed by atoms with Gasteiger partial charge in [-0.05, 0) is 36.2 Å². The molecular formula is C26H27N5O4. The number of nitrogens with one attached hydrogen (secondary N) is 2. The molecule has 4 rings (SSSR count). The van der Waals surface area contributed by atoms with Crippen molar-refractivity contribution in [2.45, 2.75) is 13.0 Å². The second-order valence-corrected chi connectivity index (χ2v) is 7.84. The van der Waals surface area contributed by atoms with Crippen LogP contribution in [0.1, 0.15) is 15.9 Å². The molecule has 0 bridgehead atoms. The first-order valence-corrected chi connectivity index (χ1v) is 11.3. The third kappa shape index (κ3) is 6.42. The summed E-state index contributed by atoms with van der Waals surface area (Å²) in [5.41, 5.74) is 3.41. The Labute approximate surface area is 203 Å². The molecule has 35 heavy (non-hydrogen) atoms. The van der Waals surface area contributed by atoms with Gasteiger partial charge >= 0.3 is 0 Å². The third-order valence-corrected chi connectivity index (χ3v) is 5.29. The summed E-state index contributed by atoms with van der Waals surface area (Å²) in [4.78, 5) is 33.8. The number of imidazole rings is 1. The standard InChI is InChI=1S/C26H27N5O4/c1-34-17-24(32)30-20-14-22(26(33)28-11-13-35-21-8-5-10-27-16-21)25-23(15-20)29-18-31(25)12-9-19-6-3-2-4-7-19/h2-8,10,14-16,18H,9,11-13,17H2,1H3,(H,28,33)(H,30,32). The van der Waals surface area contributed by atoms with Gasteiger partial charge in [-0.1, -0.05) is 30.3 Å². The van der Waals surface area contributed by atoms with Crippen molar-refractivity contribution in [1.29, 1.82) is 0 Å². The van der Waals surface area contributed by atoms with Crippen LogP contribution in [-0.4, -0.2) is 53.2 Å². The number of carbonyl (C=O) groups is 2. The first kappa shape index (κ1) is 23.9. The molecule has 180 valence electrons. The number of anilines is 1. The maximum absolute atomic E-state index is 13.2. The van der Waals surface area contributed by atoms with Gasteiger partial charge in [0, 0.05) is 25.5 Å². The fourth-order valence-electron chi connectivity index (χ4n) is 3.71. The topological polar surface area (TPSA) is 107 Å². The summed E-state index contributed by atoms with van der Waals surface area (Å²) in [6.45, 7) is 1.16. The molecule has 2 aromatic heterocycles. The van der Waals surface area contributed by atoms with Crippen molar-refractivity contribution in [3.63, 3.8) is 0 Å². The summed E-state index contributed by atoms with van der Waals surface area (Å²) < 4.78 is 12.5. The fourth-order valence-corrected chi connectivity index (χ4v) is 3.71. The van der Waals surface area contributed by atoms with Gasteiger partial charge in [-0.2, -0.15) is 0 Å². The van der Waals surface area contributed by atoms with E-state index in [2.05, 4.69) is 32.7 Å². The molecule has 9 nitrogen and oxygen atoms in total. The highest BCUT2D eigenvalue weighted by Gasteiger charge is 2.17. The minimum Gasteiger partial charge on any atom is -0.490 e. The van der Waals surface area contributed by atoms with E-state index < -0.39 is 0 Å². The summed E-state index contributed by atoms with van der Waals surface area (Å²) >= 11 is 0. The number of nitrogens with zero attached hydrogens (tertiary/aromatic N) is 3. The number of aryl methyl sites for hydroxylation is 2. The summed E-state index contributed by atoms with van der Waals surface area (Å²) in [6.07, 6.45) is 5.79. The summed E-state index contributed by atoms with van der Waals surface area (Å²) in [7, 11) is 1.45. The van der Waals surface area contributed by atoms with Gasteiger partial charge in [-0.15, -0.1) is 0 Å². The Balaban J connectivity index is 1.53. The zero-order chi connectivity index (χ0) is 24.5. The predicted octanol–water partition coefficient (Wildman–Crippen LogP) is 3.07. The summed E-state index contributed by atoms with van der Waals surface area (Å²) in [5.74, 6) is 0.0339. The van der Waals surface area contributed by atoms with E-state index in [1.54, 1.807) is 43.0 Å². The molecule has 0 aliphatic carbocycles. The number of ether oxygens (including phenoxy) is 2. The zero-order valence-corrected chi connectivity index (χ0v) is 19.4. The summed E-state index contributed by atoms with van der Waals surface area (Å²) in [6, 6.07) is 17.1. The molecular weight excluding hydrogens is 446 g/mol. The molecule has 9 heteroatoms. The number of benzene rings is 2. The quantitative estimate of drug-likeness (QED) is 0.324. The minimum absolute atomic E-state index is 0.0865. The van der Waals surface area contributed by atoms with Crippen LogP contribution in [-0.2, 0) is 22.5 Å². The average Bonchev–Trinajstić information content (AvgIpc) is 3.29. The van der Waals surface area contributed by atoms with Crippen LogP contribution in [0.25, 0.3) is 11.0 Å². The molecule has 0 saturated carbocycles. The van der Waals surface area contributed by atoms with E-state index in [-0.39, 0.29) is 25.0 Å². The van der Waals surface area contributed by atoms with E-state index in [1.807, 2.05) is 22.8 Å². The Kier molecular flexibility index (Phi) is 8.03. The highest BCUT2D eigenvalue weighted by molar-refractivity contribution is 6.07. The van der Waals surface area contributed by atoms with E-state index >= 15 is 0 Å². The minimum atomic E-state index is -0.313. The highest BCUT2D eigenvalue weighted by Crippen LogP contribution is 2.24. The molecule has 0 unspecified atom stereocenters. The number of fused-ring (bicyclic) bond motifs is 1. The lowest BCUT2D eigenvalue weighted by Gasteiger charge is -2.13. The number of carbonyl (C=O) groups excluding carboxylic acids is 2. The molecule has 0 saturated heterocycles. The lowest BCUT2D eigenvalue weighted by molar-refractivity contribution is -0.119. The lowest BCUT2D eigenvalue weighted by atomic mass is 10.1. The van der Waals surface area contributed by atoms with Crippen LogP contribution in [0.5, 0.6) is 5.75 Å². The normalized spacial score (nSPS) is 10.8. The molecule has 0 radical (unpaired) electrons. The van der Waals surface area contributed by atoms with Crippen LogP contribution >= 0.6 is 0 Å². The van der Waals surface area contributed by atoms with Crippen molar-refractivity contribution in [3.05, 3.63) is 84.4 Å². The lowest BCUT2D eigenvalue weighted by Crippen LogP contribution is -2.29. The number of rotatable bonds is 11. The first-order valence-electron chi connectivity index (χ1n) is 11.3. The van der Waals surface area contributed by atoms with Crippen molar-refractivity contribution < 1.29 is 19.1 Å². The van der Waals surface area contributed by atoms with E-state index in [0.29, 0.717) is 41.1 Å². The Hall–Kier alpha value is -4.24. The van der Waals surface area contributed by atoms with Crippen molar-refractivity contribution in [3.8, 4) is 5.75 Å². The van der Waals surface area contributed by atoms with Crippen LogP contribution in [0.4, 0.5) is 5.69 Å². The second kappa shape index (κ2) is 11.8. The molecule has 4 aromatic rings. The van der Waals surface area contributed by atoms with Gasteiger partial charge in [0.05, 0.1) is 35.7 Å². The molecule has 2 heterocycles. The van der Waals surface area contributed by atoms with E-state index in [9.17, 15) is 9.59 Å². The third-order valence-electron chi connectivity index (χ3n) is 5.29. The Morgan fingerprint density at radius 1 is 1.09 bits per heavy atom. The Morgan fingerprint density at radius 2 is 1.94 bits per heavy atom. The Bertz CT molecular complexity index is 1280. The van der Waals surface area contributed by atoms with Crippen molar-refractivity contribution in [1.82, 2.24) is 19.9 Å². The molecule has 0 spiro atoms.